The number of hydrogen-bond acceptors (Lipinski definition) is 4. The van der Waals surface area contributed by atoms with Gasteiger partial charge in [-0.3, -0.25) is 9.79 Å². The van der Waals surface area contributed by atoms with Gasteiger partial charge in [-0.05, 0) is 12.8 Å². The Kier molecular flexibility index (Phi) is 3.18. The van der Waals surface area contributed by atoms with Crippen LogP contribution in [0.5, 0.6) is 0 Å². The topological polar surface area (TPSA) is 70.9 Å². The lowest BCUT2D eigenvalue weighted by Gasteiger charge is -2.25. The lowest BCUT2D eigenvalue weighted by Crippen LogP contribution is -2.32. The maximum atomic E-state index is 11.8. The van der Waals surface area contributed by atoms with E-state index in [2.05, 4.69) is 10.3 Å². The van der Waals surface area contributed by atoms with Crippen molar-refractivity contribution >= 4 is 11.7 Å². The largest absolute Gasteiger partial charge is 0.391 e. The van der Waals surface area contributed by atoms with Crippen LogP contribution in [0.4, 0.5) is 0 Å². The van der Waals surface area contributed by atoms with Gasteiger partial charge in [0.2, 0.25) is 0 Å². The molecule has 1 fully saturated rings. The number of rotatable bonds is 1. The molecule has 1 aliphatic carbocycles. The number of carbonyl (C=O) groups excluding carboxylic acids is 1. The summed E-state index contributed by atoms with van der Waals surface area (Å²) in [6, 6.07) is -0.0807. The molecular formula is C13H18N2O3. The van der Waals surface area contributed by atoms with E-state index < -0.39 is 0 Å². The van der Waals surface area contributed by atoms with Gasteiger partial charge in [-0.1, -0.05) is 12.8 Å². The predicted octanol–water partition coefficient (Wildman–Crippen LogP) is 0.535. The van der Waals surface area contributed by atoms with Crippen LogP contribution in [-0.2, 0) is 9.53 Å². The maximum Gasteiger partial charge on any atom is 0.253 e. The van der Waals surface area contributed by atoms with Gasteiger partial charge >= 0.3 is 0 Å². The highest BCUT2D eigenvalue weighted by Gasteiger charge is 2.32. The van der Waals surface area contributed by atoms with E-state index in [0.717, 1.165) is 36.8 Å². The molecule has 0 bridgehead atoms. The van der Waals surface area contributed by atoms with E-state index in [1.54, 1.807) is 0 Å². The summed E-state index contributed by atoms with van der Waals surface area (Å²) in [4.78, 5) is 16.3. The average Bonchev–Trinajstić information content (AvgIpc) is 2.70. The molecule has 2 atom stereocenters. The Bertz CT molecular complexity index is 428. The molecule has 1 amide bonds. The lowest BCUT2D eigenvalue weighted by atomic mass is 9.93. The number of nitrogens with zero attached hydrogens (tertiary/aromatic N) is 1. The van der Waals surface area contributed by atoms with Gasteiger partial charge in [-0.25, -0.2) is 0 Å². The Morgan fingerprint density at radius 3 is 2.94 bits per heavy atom. The van der Waals surface area contributed by atoms with Crippen LogP contribution in [0.25, 0.3) is 0 Å². The molecule has 0 spiro atoms. The van der Waals surface area contributed by atoms with Crippen LogP contribution in [0.1, 0.15) is 32.1 Å². The van der Waals surface area contributed by atoms with Crippen molar-refractivity contribution < 1.29 is 14.6 Å². The van der Waals surface area contributed by atoms with Crippen LogP contribution in [-0.4, -0.2) is 42.2 Å². The summed E-state index contributed by atoms with van der Waals surface area (Å²) in [5.41, 5.74) is 1.70. The summed E-state index contributed by atoms with van der Waals surface area (Å²) < 4.78 is 5.38. The van der Waals surface area contributed by atoms with E-state index in [1.165, 1.54) is 0 Å². The van der Waals surface area contributed by atoms with Crippen LogP contribution >= 0.6 is 0 Å². The van der Waals surface area contributed by atoms with Gasteiger partial charge in [0.05, 0.1) is 25.4 Å². The van der Waals surface area contributed by atoms with Gasteiger partial charge in [0.25, 0.3) is 5.91 Å². The number of carbonyl (C=O) groups is 1. The molecule has 0 saturated heterocycles. The quantitative estimate of drug-likeness (QED) is 0.713. The number of nitrogens with one attached hydrogen (secondary N) is 1. The van der Waals surface area contributed by atoms with Crippen molar-refractivity contribution in [1.29, 1.82) is 0 Å². The summed E-state index contributed by atoms with van der Waals surface area (Å²) >= 11 is 0. The normalized spacial score (nSPS) is 34.7. The molecule has 3 rings (SSSR count). The Balaban J connectivity index is 1.84. The smallest absolute Gasteiger partial charge is 0.253 e. The van der Waals surface area contributed by atoms with Gasteiger partial charge in [-0.15, -0.1) is 0 Å². The molecule has 98 valence electrons. The van der Waals surface area contributed by atoms with Gasteiger partial charge in [0.1, 0.15) is 5.84 Å². The number of ether oxygens (including phenoxy) is 1. The fourth-order valence-electron chi connectivity index (χ4n) is 2.83. The molecule has 5 nitrogen and oxygen atoms in total. The number of aliphatic imine (C=N–C) groups is 1. The van der Waals surface area contributed by atoms with Crippen molar-refractivity contribution in [1.82, 2.24) is 5.32 Å². The first kappa shape index (κ1) is 11.9. The molecule has 5 heteroatoms. The Morgan fingerprint density at radius 1 is 1.28 bits per heavy atom. The molecule has 0 aromatic carbocycles. The van der Waals surface area contributed by atoms with Crippen LogP contribution in [0, 0.1) is 0 Å². The first-order valence-corrected chi connectivity index (χ1v) is 6.63. The molecule has 0 aromatic rings. The van der Waals surface area contributed by atoms with E-state index in [4.69, 9.17) is 4.74 Å². The third-order valence-corrected chi connectivity index (χ3v) is 3.89. The Hall–Kier alpha value is -1.20. The van der Waals surface area contributed by atoms with E-state index >= 15 is 0 Å². The second kappa shape index (κ2) is 4.82. The standard InChI is InChI=1S/C13H18N2O3/c16-11-4-2-1-3-10(11)14-12-9-7-18-6-5-8(9)13(17)15-12/h10-11,16H,1-7H2,(H,14,15,17)/t10-,11-/m1/s1. The highest BCUT2D eigenvalue weighted by atomic mass is 16.5. The number of aliphatic hydroxyl groups excluding tert-OH is 1. The van der Waals surface area contributed by atoms with Crippen molar-refractivity contribution in [3.8, 4) is 0 Å². The Morgan fingerprint density at radius 2 is 2.11 bits per heavy atom. The molecule has 3 aliphatic rings. The zero-order chi connectivity index (χ0) is 12.5. The Labute approximate surface area is 106 Å². The van der Waals surface area contributed by atoms with E-state index in [1.807, 2.05) is 0 Å². The monoisotopic (exact) mass is 250 g/mol. The number of amidine groups is 1. The van der Waals surface area contributed by atoms with Crippen molar-refractivity contribution in [2.75, 3.05) is 13.2 Å². The number of hydrogen-bond donors (Lipinski definition) is 2. The summed E-state index contributed by atoms with van der Waals surface area (Å²) in [5.74, 6) is 0.581. The minimum atomic E-state index is -0.377. The van der Waals surface area contributed by atoms with Gasteiger partial charge in [0.15, 0.2) is 0 Å². The van der Waals surface area contributed by atoms with Crippen LogP contribution < -0.4 is 5.32 Å². The third kappa shape index (κ3) is 2.08. The lowest BCUT2D eigenvalue weighted by molar-refractivity contribution is -0.116. The fraction of sp³-hybridized carbons (Fsp3) is 0.692. The van der Waals surface area contributed by atoms with E-state index in [9.17, 15) is 9.90 Å². The van der Waals surface area contributed by atoms with E-state index in [-0.39, 0.29) is 18.1 Å². The van der Waals surface area contributed by atoms with Gasteiger partial charge in [-0.2, -0.15) is 0 Å². The highest BCUT2D eigenvalue weighted by molar-refractivity contribution is 6.21. The molecule has 2 heterocycles. The summed E-state index contributed by atoms with van der Waals surface area (Å²) in [5, 5.41) is 12.7. The second-order valence-corrected chi connectivity index (χ2v) is 5.11. The predicted molar refractivity (Wildman–Crippen MR) is 66.3 cm³/mol. The van der Waals surface area contributed by atoms with Crippen molar-refractivity contribution in [3.05, 3.63) is 11.1 Å². The molecule has 2 N–H and O–H groups in total. The molecule has 0 unspecified atom stereocenters. The van der Waals surface area contributed by atoms with Crippen molar-refractivity contribution in [3.63, 3.8) is 0 Å². The zero-order valence-electron chi connectivity index (χ0n) is 10.3. The fourth-order valence-corrected chi connectivity index (χ4v) is 2.83. The minimum absolute atomic E-state index is 0.0441. The summed E-state index contributed by atoms with van der Waals surface area (Å²) in [7, 11) is 0. The maximum absolute atomic E-state index is 11.8. The van der Waals surface area contributed by atoms with Crippen LogP contribution in [0.3, 0.4) is 0 Å². The third-order valence-electron chi connectivity index (χ3n) is 3.89. The van der Waals surface area contributed by atoms with Gasteiger partial charge < -0.3 is 15.2 Å². The van der Waals surface area contributed by atoms with Crippen LogP contribution in [0.2, 0.25) is 0 Å². The van der Waals surface area contributed by atoms with Gasteiger partial charge in [0, 0.05) is 17.6 Å². The SMILES string of the molecule is O=C1NC(=N[C@@H]2CCCC[C@H]2O)C2=C1CCOC2. The number of aliphatic hydroxyl groups is 1. The van der Waals surface area contributed by atoms with E-state index in [0.29, 0.717) is 25.5 Å². The highest BCUT2D eigenvalue weighted by Crippen LogP contribution is 2.25. The first-order chi connectivity index (χ1) is 8.75. The minimum Gasteiger partial charge on any atom is -0.391 e. The molecular weight excluding hydrogens is 232 g/mol. The molecule has 18 heavy (non-hydrogen) atoms. The first-order valence-electron chi connectivity index (χ1n) is 6.63. The molecule has 1 saturated carbocycles. The number of amides is 1. The van der Waals surface area contributed by atoms with Crippen LogP contribution in [0.15, 0.2) is 16.1 Å². The average molecular weight is 250 g/mol. The summed E-state index contributed by atoms with van der Waals surface area (Å²) in [6.07, 6.45) is 4.13. The zero-order valence-corrected chi connectivity index (χ0v) is 10.3. The summed E-state index contributed by atoms with van der Waals surface area (Å²) in [6.45, 7) is 1.06. The van der Waals surface area contributed by atoms with Crippen molar-refractivity contribution in [2.45, 2.75) is 44.2 Å². The molecule has 0 aromatic heterocycles. The van der Waals surface area contributed by atoms with Crippen molar-refractivity contribution in [2.24, 2.45) is 4.99 Å². The molecule has 2 aliphatic heterocycles. The second-order valence-electron chi connectivity index (χ2n) is 5.11. The molecule has 0 radical (unpaired) electrons.